The van der Waals surface area contributed by atoms with Crippen LogP contribution in [0, 0.1) is 0 Å². The van der Waals surface area contributed by atoms with Gasteiger partial charge in [0.25, 0.3) is 0 Å². The SMILES string of the molecule is NCCc1ccc(O)c(O)c1.c1ccc2[nH]c(N3CCCCC3)nc2c1. The molecule has 0 unspecified atom stereocenters. The minimum absolute atomic E-state index is 0.0871. The number of piperidine rings is 1. The van der Waals surface area contributed by atoms with Crippen molar-refractivity contribution in [2.75, 3.05) is 24.5 Å². The largest absolute Gasteiger partial charge is 0.504 e. The quantitative estimate of drug-likeness (QED) is 0.542. The molecule has 1 aliphatic heterocycles. The molecule has 2 aromatic carbocycles. The molecule has 0 amide bonds. The molecule has 0 aliphatic carbocycles. The van der Waals surface area contributed by atoms with Gasteiger partial charge in [-0.05, 0) is 62.1 Å². The van der Waals surface area contributed by atoms with E-state index >= 15 is 0 Å². The van der Waals surface area contributed by atoms with E-state index in [-0.39, 0.29) is 11.5 Å². The molecular formula is C20H26N4O2. The van der Waals surface area contributed by atoms with Crippen LogP contribution >= 0.6 is 0 Å². The first-order chi connectivity index (χ1) is 12.7. The van der Waals surface area contributed by atoms with Crippen LogP contribution in [0.2, 0.25) is 0 Å². The van der Waals surface area contributed by atoms with Gasteiger partial charge < -0.3 is 25.8 Å². The van der Waals surface area contributed by atoms with Gasteiger partial charge in [-0.25, -0.2) is 4.98 Å². The lowest BCUT2D eigenvalue weighted by Gasteiger charge is -2.25. The van der Waals surface area contributed by atoms with Gasteiger partial charge in [0.1, 0.15) is 0 Å². The fourth-order valence-corrected chi connectivity index (χ4v) is 3.09. The Morgan fingerprint density at radius 1 is 1.00 bits per heavy atom. The number of nitrogens with two attached hydrogens (primary N) is 1. The van der Waals surface area contributed by atoms with Gasteiger partial charge in [-0.15, -0.1) is 0 Å². The molecule has 0 radical (unpaired) electrons. The number of hydrogen-bond acceptors (Lipinski definition) is 5. The number of aromatic nitrogens is 2. The second-order valence-corrected chi connectivity index (χ2v) is 6.49. The Labute approximate surface area is 153 Å². The Hall–Kier alpha value is -2.73. The highest BCUT2D eigenvalue weighted by molar-refractivity contribution is 5.77. The Bertz CT molecular complexity index is 808. The van der Waals surface area contributed by atoms with Gasteiger partial charge in [0.2, 0.25) is 5.95 Å². The summed E-state index contributed by atoms with van der Waals surface area (Å²) >= 11 is 0. The van der Waals surface area contributed by atoms with Crippen LogP contribution in [-0.4, -0.2) is 39.8 Å². The fraction of sp³-hybridized carbons (Fsp3) is 0.350. The van der Waals surface area contributed by atoms with Crippen LogP contribution in [-0.2, 0) is 6.42 Å². The maximum atomic E-state index is 9.04. The number of anilines is 1. The van der Waals surface area contributed by atoms with E-state index in [2.05, 4.69) is 27.0 Å². The summed E-state index contributed by atoms with van der Waals surface area (Å²) in [5.41, 5.74) is 8.44. The number of benzene rings is 2. The number of phenols is 2. The van der Waals surface area contributed by atoms with E-state index in [9.17, 15) is 0 Å². The van der Waals surface area contributed by atoms with Crippen molar-refractivity contribution in [3.05, 3.63) is 48.0 Å². The van der Waals surface area contributed by atoms with E-state index in [1.807, 2.05) is 12.1 Å². The number of aromatic hydroxyl groups is 2. The molecule has 1 aromatic heterocycles. The molecule has 1 fully saturated rings. The number of aromatic amines is 1. The van der Waals surface area contributed by atoms with E-state index in [1.54, 1.807) is 6.07 Å². The molecule has 6 nitrogen and oxygen atoms in total. The zero-order valence-electron chi connectivity index (χ0n) is 14.9. The van der Waals surface area contributed by atoms with Crippen LogP contribution in [0.5, 0.6) is 11.5 Å². The summed E-state index contributed by atoms with van der Waals surface area (Å²) in [4.78, 5) is 10.3. The molecular weight excluding hydrogens is 328 g/mol. The van der Waals surface area contributed by atoms with E-state index in [0.717, 1.165) is 35.6 Å². The number of fused-ring (bicyclic) bond motifs is 1. The third kappa shape index (κ3) is 4.46. The second kappa shape index (κ2) is 8.58. The molecule has 2 heterocycles. The maximum Gasteiger partial charge on any atom is 0.203 e. The van der Waals surface area contributed by atoms with Crippen molar-refractivity contribution in [3.8, 4) is 11.5 Å². The highest BCUT2D eigenvalue weighted by atomic mass is 16.3. The van der Waals surface area contributed by atoms with Gasteiger partial charge in [-0.3, -0.25) is 0 Å². The number of imidazole rings is 1. The summed E-state index contributed by atoms with van der Waals surface area (Å²) < 4.78 is 0. The minimum atomic E-state index is -0.0919. The summed E-state index contributed by atoms with van der Waals surface area (Å²) in [5, 5.41) is 18.0. The number of nitrogens with one attached hydrogen (secondary N) is 1. The summed E-state index contributed by atoms with van der Waals surface area (Å²) in [7, 11) is 0. The van der Waals surface area contributed by atoms with Crippen molar-refractivity contribution < 1.29 is 10.2 Å². The van der Waals surface area contributed by atoms with E-state index < -0.39 is 0 Å². The van der Waals surface area contributed by atoms with Gasteiger partial charge >= 0.3 is 0 Å². The van der Waals surface area contributed by atoms with Crippen LogP contribution < -0.4 is 10.6 Å². The van der Waals surface area contributed by atoms with Gasteiger partial charge in [0.05, 0.1) is 11.0 Å². The van der Waals surface area contributed by atoms with Crippen molar-refractivity contribution in [2.45, 2.75) is 25.7 Å². The topological polar surface area (TPSA) is 98.4 Å². The first kappa shape index (κ1) is 18.1. The van der Waals surface area contributed by atoms with Gasteiger partial charge in [0.15, 0.2) is 11.5 Å². The van der Waals surface area contributed by atoms with Crippen LogP contribution in [0.4, 0.5) is 5.95 Å². The number of phenolic OH excluding ortho intramolecular Hbond substituents is 2. The van der Waals surface area contributed by atoms with Crippen LogP contribution in [0.1, 0.15) is 24.8 Å². The Morgan fingerprint density at radius 2 is 1.77 bits per heavy atom. The number of nitrogens with zero attached hydrogens (tertiary/aromatic N) is 2. The summed E-state index contributed by atoms with van der Waals surface area (Å²) in [5.74, 6) is 0.859. The van der Waals surface area contributed by atoms with Gasteiger partial charge in [-0.1, -0.05) is 18.2 Å². The fourth-order valence-electron chi connectivity index (χ4n) is 3.09. The first-order valence-electron chi connectivity index (χ1n) is 9.08. The molecule has 3 aromatic rings. The standard InChI is InChI=1S/C12H15N3.C8H11NO2/c1-4-8-15(9-5-1)12-13-10-6-2-3-7-11(10)14-12;9-4-3-6-1-2-7(10)8(11)5-6/h2-3,6-7H,1,4-5,8-9H2,(H,13,14);1-2,5,10-11H,3-4,9H2. The average molecular weight is 354 g/mol. The third-order valence-corrected chi connectivity index (χ3v) is 4.51. The second-order valence-electron chi connectivity index (χ2n) is 6.49. The number of H-pyrrole nitrogens is 1. The zero-order valence-corrected chi connectivity index (χ0v) is 14.9. The molecule has 1 aliphatic rings. The zero-order chi connectivity index (χ0) is 18.4. The van der Waals surface area contributed by atoms with Crippen LogP contribution in [0.15, 0.2) is 42.5 Å². The summed E-state index contributed by atoms with van der Waals surface area (Å²) in [6.07, 6.45) is 4.65. The lowest BCUT2D eigenvalue weighted by atomic mass is 10.1. The number of hydrogen-bond donors (Lipinski definition) is 4. The lowest BCUT2D eigenvalue weighted by molar-refractivity contribution is 0.403. The molecule has 4 rings (SSSR count). The van der Waals surface area contributed by atoms with Crippen LogP contribution in [0.25, 0.3) is 11.0 Å². The van der Waals surface area contributed by atoms with Crippen molar-refractivity contribution in [1.29, 1.82) is 0 Å². The van der Waals surface area contributed by atoms with E-state index in [4.69, 9.17) is 15.9 Å². The van der Waals surface area contributed by atoms with E-state index in [0.29, 0.717) is 13.0 Å². The highest BCUT2D eigenvalue weighted by Crippen LogP contribution is 2.24. The minimum Gasteiger partial charge on any atom is -0.504 e. The maximum absolute atomic E-state index is 9.04. The van der Waals surface area contributed by atoms with Crippen molar-refractivity contribution in [2.24, 2.45) is 5.73 Å². The molecule has 0 saturated carbocycles. The Kier molecular flexibility index (Phi) is 5.96. The normalized spacial score (nSPS) is 14.1. The molecule has 138 valence electrons. The van der Waals surface area contributed by atoms with Crippen LogP contribution in [0.3, 0.4) is 0 Å². The molecule has 0 spiro atoms. The molecule has 6 heteroatoms. The third-order valence-electron chi connectivity index (χ3n) is 4.51. The van der Waals surface area contributed by atoms with Gasteiger partial charge in [-0.2, -0.15) is 0 Å². The molecule has 0 bridgehead atoms. The first-order valence-corrected chi connectivity index (χ1v) is 9.08. The van der Waals surface area contributed by atoms with Crippen molar-refractivity contribution in [3.63, 3.8) is 0 Å². The lowest BCUT2D eigenvalue weighted by Crippen LogP contribution is -2.30. The monoisotopic (exact) mass is 354 g/mol. The number of para-hydroxylation sites is 2. The predicted molar refractivity (Wildman–Crippen MR) is 105 cm³/mol. The Balaban J connectivity index is 0.000000160. The average Bonchev–Trinajstić information content (AvgIpc) is 3.11. The molecule has 0 atom stereocenters. The molecule has 5 N–H and O–H groups in total. The van der Waals surface area contributed by atoms with Gasteiger partial charge in [0, 0.05) is 13.1 Å². The summed E-state index contributed by atoms with van der Waals surface area (Å²) in [6, 6.07) is 12.9. The Morgan fingerprint density at radius 3 is 2.46 bits per heavy atom. The predicted octanol–water partition coefficient (Wildman–Crippen LogP) is 3.15. The number of rotatable bonds is 3. The summed E-state index contributed by atoms with van der Waals surface area (Å²) in [6.45, 7) is 2.82. The van der Waals surface area contributed by atoms with Crippen molar-refractivity contribution in [1.82, 2.24) is 9.97 Å². The highest BCUT2D eigenvalue weighted by Gasteiger charge is 2.13. The van der Waals surface area contributed by atoms with Crippen molar-refractivity contribution >= 4 is 17.0 Å². The molecule has 1 saturated heterocycles. The molecule has 26 heavy (non-hydrogen) atoms. The smallest absolute Gasteiger partial charge is 0.203 e. The van der Waals surface area contributed by atoms with E-state index in [1.165, 1.54) is 31.4 Å².